The Hall–Kier alpha value is -2.41. The molecule has 1 atom stereocenters. The van der Waals surface area contributed by atoms with Crippen LogP contribution in [0.1, 0.15) is 41.4 Å². The predicted molar refractivity (Wildman–Crippen MR) is 91.8 cm³/mol. The first-order valence-corrected chi connectivity index (χ1v) is 8.20. The second kappa shape index (κ2) is 7.44. The average molecular weight is 344 g/mol. The maximum atomic E-state index is 13.2. The monoisotopic (exact) mass is 344 g/mol. The van der Waals surface area contributed by atoms with Gasteiger partial charge in [-0.3, -0.25) is 15.1 Å². The van der Waals surface area contributed by atoms with Crippen molar-refractivity contribution >= 4 is 23.2 Å². The van der Waals surface area contributed by atoms with Gasteiger partial charge in [0.25, 0.3) is 5.91 Å². The smallest absolute Gasteiger partial charge is 0.276 e. The fraction of sp³-hybridized carbons (Fsp3) is 0.294. The van der Waals surface area contributed by atoms with E-state index in [1.807, 2.05) is 23.2 Å². The number of amides is 1. The Morgan fingerprint density at radius 1 is 1.29 bits per heavy atom. The number of halogens is 1. The molecule has 2 aromatic rings. The molecule has 1 amide bonds. The molecule has 5 nitrogen and oxygen atoms in total. The van der Waals surface area contributed by atoms with E-state index in [0.29, 0.717) is 5.11 Å². The number of likely N-dealkylation sites (tertiary alicyclic amines) is 1. The minimum Gasteiger partial charge on any atom is -0.342 e. The van der Waals surface area contributed by atoms with Crippen LogP contribution in [0.4, 0.5) is 4.39 Å². The molecule has 24 heavy (non-hydrogen) atoms. The molecule has 7 heteroatoms. The Kier molecular flexibility index (Phi) is 5.10. The zero-order valence-corrected chi connectivity index (χ0v) is 13.8. The average Bonchev–Trinajstić information content (AvgIpc) is 2.62. The molecular formula is C17H17FN4OS. The van der Waals surface area contributed by atoms with Crippen LogP contribution >= 0.6 is 12.2 Å². The molecule has 3 rings (SSSR count). The third-order valence-corrected chi connectivity index (χ3v) is 4.34. The van der Waals surface area contributed by atoms with Crippen LogP contribution in [0.5, 0.6) is 0 Å². The van der Waals surface area contributed by atoms with E-state index in [4.69, 9.17) is 12.2 Å². The lowest BCUT2D eigenvalue weighted by molar-refractivity contribution is 0.0963. The van der Waals surface area contributed by atoms with Gasteiger partial charge in [0.15, 0.2) is 5.11 Å². The summed E-state index contributed by atoms with van der Waals surface area (Å²) in [6.45, 7) is 0.759. The van der Waals surface area contributed by atoms with Crippen molar-refractivity contribution in [1.82, 2.24) is 20.2 Å². The van der Waals surface area contributed by atoms with Gasteiger partial charge < -0.3 is 4.90 Å². The number of rotatable bonds is 2. The first kappa shape index (κ1) is 16.4. The summed E-state index contributed by atoms with van der Waals surface area (Å²) in [6, 6.07) is 8.07. The van der Waals surface area contributed by atoms with Crippen LogP contribution in [0.25, 0.3) is 0 Å². The normalized spacial score (nSPS) is 17.4. The van der Waals surface area contributed by atoms with E-state index in [-0.39, 0.29) is 11.7 Å². The number of hydrogen-bond acceptors (Lipinski definition) is 4. The van der Waals surface area contributed by atoms with E-state index >= 15 is 0 Å². The maximum Gasteiger partial charge on any atom is 0.276 e. The molecule has 1 unspecified atom stereocenters. The molecule has 124 valence electrons. The van der Waals surface area contributed by atoms with Gasteiger partial charge in [-0.05, 0) is 55.2 Å². The fourth-order valence-corrected chi connectivity index (χ4v) is 3.17. The molecule has 0 aromatic carbocycles. The summed E-state index contributed by atoms with van der Waals surface area (Å²) >= 11 is 5.41. The number of piperidine rings is 1. The molecule has 2 aromatic heterocycles. The highest BCUT2D eigenvalue weighted by Gasteiger charge is 2.27. The van der Waals surface area contributed by atoms with E-state index in [9.17, 15) is 9.18 Å². The molecule has 1 N–H and O–H groups in total. The third-order valence-electron chi connectivity index (χ3n) is 4.00. The number of aromatic nitrogens is 2. The van der Waals surface area contributed by atoms with Crippen molar-refractivity contribution in [2.45, 2.75) is 25.3 Å². The van der Waals surface area contributed by atoms with Crippen LogP contribution in [-0.2, 0) is 0 Å². The molecule has 0 bridgehead atoms. The van der Waals surface area contributed by atoms with Crippen molar-refractivity contribution in [1.29, 1.82) is 0 Å². The quantitative estimate of drug-likeness (QED) is 0.671. The lowest BCUT2D eigenvalue weighted by Gasteiger charge is -2.37. The van der Waals surface area contributed by atoms with Gasteiger partial charge in [-0.1, -0.05) is 12.1 Å². The Labute approximate surface area is 144 Å². The van der Waals surface area contributed by atoms with E-state index in [2.05, 4.69) is 15.3 Å². The van der Waals surface area contributed by atoms with Gasteiger partial charge in [0.2, 0.25) is 5.95 Å². The molecule has 0 spiro atoms. The zero-order chi connectivity index (χ0) is 16.9. The lowest BCUT2D eigenvalue weighted by Crippen LogP contribution is -2.46. The number of carbonyl (C=O) groups excluding carboxylic acids is 1. The van der Waals surface area contributed by atoms with Gasteiger partial charge in [0.05, 0.1) is 6.04 Å². The number of nitrogens with zero attached hydrogens (tertiary/aromatic N) is 3. The van der Waals surface area contributed by atoms with Crippen LogP contribution in [0, 0.1) is 5.95 Å². The van der Waals surface area contributed by atoms with Crippen LogP contribution in [0.3, 0.4) is 0 Å². The number of pyridine rings is 2. The standard InChI is InChI=1S/C17H17FN4OS/c18-15-8-3-6-13(20-15)16(23)21-17(24)22-10-2-1-7-14(22)12-5-4-9-19-11-12/h3-6,8-9,11,14H,1-2,7,10H2,(H,21,23,24). The molecule has 1 saturated heterocycles. The van der Waals surface area contributed by atoms with Gasteiger partial charge in [-0.15, -0.1) is 0 Å². The van der Waals surface area contributed by atoms with Crippen molar-refractivity contribution in [2.75, 3.05) is 6.54 Å². The van der Waals surface area contributed by atoms with Crippen LogP contribution in [0.2, 0.25) is 0 Å². The van der Waals surface area contributed by atoms with Gasteiger partial charge in [-0.25, -0.2) is 4.98 Å². The van der Waals surface area contributed by atoms with Crippen molar-refractivity contribution in [3.8, 4) is 0 Å². The summed E-state index contributed by atoms with van der Waals surface area (Å²) in [4.78, 5) is 22.0. The third kappa shape index (κ3) is 3.73. The highest BCUT2D eigenvalue weighted by atomic mass is 32.1. The second-order valence-electron chi connectivity index (χ2n) is 5.60. The Balaban J connectivity index is 1.74. The maximum absolute atomic E-state index is 13.2. The van der Waals surface area contributed by atoms with E-state index in [0.717, 1.165) is 31.4 Å². The minimum atomic E-state index is -0.695. The van der Waals surface area contributed by atoms with E-state index in [1.165, 1.54) is 18.2 Å². The van der Waals surface area contributed by atoms with E-state index < -0.39 is 11.9 Å². The Morgan fingerprint density at radius 2 is 2.17 bits per heavy atom. The molecule has 0 saturated carbocycles. The fourth-order valence-electron chi connectivity index (χ4n) is 2.86. The molecule has 1 fully saturated rings. The number of hydrogen-bond donors (Lipinski definition) is 1. The molecule has 1 aliphatic heterocycles. The highest BCUT2D eigenvalue weighted by molar-refractivity contribution is 7.80. The van der Waals surface area contributed by atoms with Gasteiger partial charge >= 0.3 is 0 Å². The molecule has 1 aliphatic rings. The first-order valence-electron chi connectivity index (χ1n) is 7.79. The Bertz CT molecular complexity index is 740. The van der Waals surface area contributed by atoms with Crippen LogP contribution < -0.4 is 5.32 Å². The highest BCUT2D eigenvalue weighted by Crippen LogP contribution is 2.30. The van der Waals surface area contributed by atoms with Crippen molar-refractivity contribution < 1.29 is 9.18 Å². The molecule has 3 heterocycles. The molecule has 0 aliphatic carbocycles. The summed E-state index contributed by atoms with van der Waals surface area (Å²) in [7, 11) is 0. The SMILES string of the molecule is O=C(NC(=S)N1CCCCC1c1cccnc1)c1cccc(F)n1. The summed E-state index contributed by atoms with van der Waals surface area (Å²) in [6.07, 6.45) is 6.59. The van der Waals surface area contributed by atoms with Gasteiger partial charge in [0, 0.05) is 18.9 Å². The van der Waals surface area contributed by atoms with Crippen molar-refractivity contribution in [3.63, 3.8) is 0 Å². The summed E-state index contributed by atoms with van der Waals surface area (Å²) in [5.41, 5.74) is 1.07. The summed E-state index contributed by atoms with van der Waals surface area (Å²) in [5.74, 6) is -1.20. The Morgan fingerprint density at radius 3 is 2.92 bits per heavy atom. The number of thiocarbonyl (C=S) groups is 1. The van der Waals surface area contributed by atoms with Gasteiger partial charge in [-0.2, -0.15) is 4.39 Å². The molecule has 0 radical (unpaired) electrons. The molecular weight excluding hydrogens is 327 g/mol. The topological polar surface area (TPSA) is 58.1 Å². The summed E-state index contributed by atoms with van der Waals surface area (Å²) < 4.78 is 13.2. The number of carbonyl (C=O) groups is 1. The predicted octanol–water partition coefficient (Wildman–Crippen LogP) is 2.86. The number of nitrogens with one attached hydrogen (secondary N) is 1. The van der Waals surface area contributed by atoms with Crippen molar-refractivity contribution in [3.05, 3.63) is 59.9 Å². The zero-order valence-electron chi connectivity index (χ0n) is 13.0. The lowest BCUT2D eigenvalue weighted by atomic mass is 9.97. The van der Waals surface area contributed by atoms with Crippen LogP contribution in [-0.4, -0.2) is 32.4 Å². The van der Waals surface area contributed by atoms with Gasteiger partial charge in [0.1, 0.15) is 5.69 Å². The minimum absolute atomic E-state index is 0.00675. The van der Waals surface area contributed by atoms with Crippen LogP contribution in [0.15, 0.2) is 42.7 Å². The van der Waals surface area contributed by atoms with Crippen molar-refractivity contribution in [2.24, 2.45) is 0 Å². The van der Waals surface area contributed by atoms with E-state index in [1.54, 1.807) is 6.20 Å². The first-order chi connectivity index (χ1) is 11.6. The largest absolute Gasteiger partial charge is 0.342 e. The second-order valence-corrected chi connectivity index (χ2v) is 5.98. The summed E-state index contributed by atoms with van der Waals surface area (Å²) in [5, 5.41) is 2.99.